The molecule has 0 aromatic carbocycles. The predicted molar refractivity (Wildman–Crippen MR) is 73.8 cm³/mol. The average Bonchev–Trinajstić information content (AvgIpc) is 2.90. The first kappa shape index (κ1) is 12.0. The van der Waals surface area contributed by atoms with Crippen molar-refractivity contribution in [3.05, 3.63) is 12.4 Å². The summed E-state index contributed by atoms with van der Waals surface area (Å²) in [6.45, 7) is 7.16. The third-order valence-corrected chi connectivity index (χ3v) is 3.99. The molecule has 1 unspecified atom stereocenters. The van der Waals surface area contributed by atoms with Gasteiger partial charge in [0.05, 0.1) is 0 Å². The van der Waals surface area contributed by atoms with Crippen LogP contribution < -0.4 is 5.32 Å². The fraction of sp³-hybridized carbons (Fsp3) is 0.786. The molecule has 0 bridgehead atoms. The largest absolute Gasteiger partial charge is 0.355 e. The van der Waals surface area contributed by atoms with E-state index < -0.39 is 0 Å². The van der Waals surface area contributed by atoms with E-state index in [0.29, 0.717) is 12.0 Å². The third kappa shape index (κ3) is 2.86. The quantitative estimate of drug-likeness (QED) is 0.839. The minimum Gasteiger partial charge on any atom is -0.355 e. The van der Waals surface area contributed by atoms with Gasteiger partial charge >= 0.3 is 0 Å². The van der Waals surface area contributed by atoms with Gasteiger partial charge in [-0.2, -0.15) is 0 Å². The SMILES string of the molecule is CC(CNc1nccn1C1CC1)CN1CCCC1. The average molecular weight is 248 g/mol. The fourth-order valence-corrected chi connectivity index (χ4v) is 2.83. The third-order valence-electron chi connectivity index (χ3n) is 3.99. The molecule has 0 spiro atoms. The van der Waals surface area contributed by atoms with E-state index in [4.69, 9.17) is 0 Å². The summed E-state index contributed by atoms with van der Waals surface area (Å²) in [5, 5.41) is 3.51. The Labute approximate surface area is 109 Å². The Bertz CT molecular complexity index is 377. The summed E-state index contributed by atoms with van der Waals surface area (Å²) < 4.78 is 2.29. The topological polar surface area (TPSA) is 33.1 Å². The standard InChI is InChI=1S/C14H24N4/c1-12(11-17-7-2-3-8-17)10-16-14-15-6-9-18(14)13-4-5-13/h6,9,12-13H,2-5,7-8,10-11H2,1H3,(H,15,16). The Morgan fingerprint density at radius 3 is 2.89 bits per heavy atom. The number of hydrogen-bond donors (Lipinski definition) is 1. The van der Waals surface area contributed by atoms with Crippen molar-refractivity contribution in [2.24, 2.45) is 5.92 Å². The molecule has 4 heteroatoms. The van der Waals surface area contributed by atoms with Crippen LogP contribution in [0, 0.1) is 5.92 Å². The second kappa shape index (κ2) is 5.31. The highest BCUT2D eigenvalue weighted by Crippen LogP contribution is 2.36. The van der Waals surface area contributed by atoms with Crippen LogP contribution in [0.2, 0.25) is 0 Å². The molecular formula is C14H24N4. The predicted octanol–water partition coefficient (Wildman–Crippen LogP) is 2.36. The summed E-state index contributed by atoms with van der Waals surface area (Å²) >= 11 is 0. The molecule has 1 aromatic rings. The summed E-state index contributed by atoms with van der Waals surface area (Å²) in [5.41, 5.74) is 0. The summed E-state index contributed by atoms with van der Waals surface area (Å²) in [4.78, 5) is 7.00. The van der Waals surface area contributed by atoms with Crippen molar-refractivity contribution >= 4 is 5.95 Å². The lowest BCUT2D eigenvalue weighted by molar-refractivity contribution is 0.294. The molecule has 18 heavy (non-hydrogen) atoms. The molecule has 2 fully saturated rings. The van der Waals surface area contributed by atoms with Gasteiger partial charge in [-0.15, -0.1) is 0 Å². The first-order chi connectivity index (χ1) is 8.83. The van der Waals surface area contributed by atoms with E-state index in [0.717, 1.165) is 12.5 Å². The van der Waals surface area contributed by atoms with E-state index in [1.54, 1.807) is 0 Å². The number of nitrogens with zero attached hydrogens (tertiary/aromatic N) is 3. The molecule has 100 valence electrons. The van der Waals surface area contributed by atoms with Crippen molar-refractivity contribution in [1.29, 1.82) is 0 Å². The van der Waals surface area contributed by atoms with E-state index in [2.05, 4.69) is 32.9 Å². The Balaban J connectivity index is 1.46. The minimum absolute atomic E-state index is 0.687. The van der Waals surface area contributed by atoms with Crippen LogP contribution in [-0.2, 0) is 0 Å². The molecule has 4 nitrogen and oxygen atoms in total. The number of anilines is 1. The number of nitrogens with one attached hydrogen (secondary N) is 1. The summed E-state index contributed by atoms with van der Waals surface area (Å²) in [7, 11) is 0. The lowest BCUT2D eigenvalue weighted by Gasteiger charge is -2.20. The van der Waals surface area contributed by atoms with Crippen LogP contribution >= 0.6 is 0 Å². The van der Waals surface area contributed by atoms with Crippen LogP contribution in [-0.4, -0.2) is 40.6 Å². The summed E-state index contributed by atoms with van der Waals surface area (Å²) in [6, 6.07) is 0.712. The van der Waals surface area contributed by atoms with Gasteiger partial charge in [-0.1, -0.05) is 6.92 Å². The molecule has 1 aliphatic heterocycles. The zero-order chi connectivity index (χ0) is 12.4. The maximum Gasteiger partial charge on any atom is 0.203 e. The van der Waals surface area contributed by atoms with E-state index in [-0.39, 0.29) is 0 Å². The summed E-state index contributed by atoms with van der Waals surface area (Å²) in [6.07, 6.45) is 9.40. The minimum atomic E-state index is 0.687. The fourth-order valence-electron chi connectivity index (χ4n) is 2.83. The van der Waals surface area contributed by atoms with Crippen molar-refractivity contribution < 1.29 is 0 Å². The molecule has 1 aromatic heterocycles. The van der Waals surface area contributed by atoms with Gasteiger partial charge in [-0.25, -0.2) is 4.98 Å². The Morgan fingerprint density at radius 2 is 2.17 bits per heavy atom. The summed E-state index contributed by atoms with van der Waals surface area (Å²) in [5.74, 6) is 1.75. The zero-order valence-electron chi connectivity index (χ0n) is 11.3. The first-order valence-corrected chi connectivity index (χ1v) is 7.32. The number of imidazole rings is 1. The Hall–Kier alpha value is -1.03. The van der Waals surface area contributed by atoms with Crippen LogP contribution in [0.3, 0.4) is 0 Å². The zero-order valence-corrected chi connectivity index (χ0v) is 11.3. The molecule has 1 aliphatic carbocycles. The van der Waals surface area contributed by atoms with Gasteiger partial charge in [0.1, 0.15) is 0 Å². The highest BCUT2D eigenvalue weighted by molar-refractivity contribution is 5.27. The number of likely N-dealkylation sites (tertiary alicyclic amines) is 1. The second-order valence-corrected chi connectivity index (χ2v) is 5.88. The molecule has 1 atom stereocenters. The highest BCUT2D eigenvalue weighted by atomic mass is 15.2. The van der Waals surface area contributed by atoms with Crippen LogP contribution in [0.15, 0.2) is 12.4 Å². The molecule has 1 saturated heterocycles. The van der Waals surface area contributed by atoms with Crippen molar-refractivity contribution in [2.45, 2.75) is 38.6 Å². The first-order valence-electron chi connectivity index (χ1n) is 7.32. The molecule has 2 aliphatic rings. The van der Waals surface area contributed by atoms with Gasteiger partial charge < -0.3 is 14.8 Å². The van der Waals surface area contributed by atoms with Crippen LogP contribution in [0.1, 0.15) is 38.6 Å². The van der Waals surface area contributed by atoms with Crippen molar-refractivity contribution in [1.82, 2.24) is 14.5 Å². The van der Waals surface area contributed by atoms with Gasteiger partial charge in [0, 0.05) is 31.5 Å². The number of rotatable bonds is 6. The van der Waals surface area contributed by atoms with Gasteiger partial charge in [0.15, 0.2) is 0 Å². The monoisotopic (exact) mass is 248 g/mol. The molecule has 1 saturated carbocycles. The molecule has 2 heterocycles. The lowest BCUT2D eigenvalue weighted by atomic mass is 10.1. The Kier molecular flexibility index (Phi) is 3.55. The molecule has 0 radical (unpaired) electrons. The van der Waals surface area contributed by atoms with Gasteiger partial charge in [-0.3, -0.25) is 0 Å². The normalized spacial score (nSPS) is 22.3. The van der Waals surface area contributed by atoms with Crippen molar-refractivity contribution in [2.75, 3.05) is 31.5 Å². The van der Waals surface area contributed by atoms with E-state index in [1.807, 2.05) is 6.20 Å². The van der Waals surface area contributed by atoms with Crippen LogP contribution in [0.25, 0.3) is 0 Å². The molecule has 1 N–H and O–H groups in total. The lowest BCUT2D eigenvalue weighted by Crippen LogP contribution is -2.29. The van der Waals surface area contributed by atoms with Crippen LogP contribution in [0.4, 0.5) is 5.95 Å². The van der Waals surface area contributed by atoms with E-state index >= 15 is 0 Å². The van der Waals surface area contributed by atoms with Crippen molar-refractivity contribution in [3.63, 3.8) is 0 Å². The number of aromatic nitrogens is 2. The smallest absolute Gasteiger partial charge is 0.203 e. The van der Waals surface area contributed by atoms with Crippen molar-refractivity contribution in [3.8, 4) is 0 Å². The van der Waals surface area contributed by atoms with E-state index in [1.165, 1.54) is 45.3 Å². The van der Waals surface area contributed by atoms with Gasteiger partial charge in [0.2, 0.25) is 5.95 Å². The maximum atomic E-state index is 4.42. The second-order valence-electron chi connectivity index (χ2n) is 5.88. The highest BCUT2D eigenvalue weighted by Gasteiger charge is 2.25. The maximum absolute atomic E-state index is 4.42. The molecule has 3 rings (SSSR count). The Morgan fingerprint density at radius 1 is 1.39 bits per heavy atom. The van der Waals surface area contributed by atoms with E-state index in [9.17, 15) is 0 Å². The molecular weight excluding hydrogens is 224 g/mol. The van der Waals surface area contributed by atoms with Crippen LogP contribution in [0.5, 0.6) is 0 Å². The number of hydrogen-bond acceptors (Lipinski definition) is 3. The van der Waals surface area contributed by atoms with Gasteiger partial charge in [0.25, 0.3) is 0 Å². The molecule has 0 amide bonds. The van der Waals surface area contributed by atoms with Gasteiger partial charge in [-0.05, 0) is 44.7 Å².